The zero-order valence-electron chi connectivity index (χ0n) is 46.9. The van der Waals surface area contributed by atoms with E-state index < -0.39 is 23.8 Å². The van der Waals surface area contributed by atoms with Crippen LogP contribution in [0.25, 0.3) is 38.4 Å². The van der Waals surface area contributed by atoms with E-state index in [1.807, 2.05) is 30.3 Å². The normalized spacial score (nSPS) is 11.9. The topological polar surface area (TPSA) is 23.8 Å². The summed E-state index contributed by atoms with van der Waals surface area (Å²) in [5, 5.41) is 16.6. The van der Waals surface area contributed by atoms with Crippen LogP contribution in [0.5, 0.6) is 0 Å². The van der Waals surface area contributed by atoms with Crippen molar-refractivity contribution in [2.45, 2.75) is 81.4 Å². The van der Waals surface area contributed by atoms with Gasteiger partial charge in [-0.05, 0) is 212 Å². The molecule has 0 amide bonds. The number of fused-ring (bicyclic) bond motifs is 2. The van der Waals surface area contributed by atoms with Crippen molar-refractivity contribution in [3.05, 3.63) is 292 Å². The summed E-state index contributed by atoms with van der Waals surface area (Å²) in [5.74, 6) is 0. The van der Waals surface area contributed by atoms with Crippen LogP contribution < -0.4 is 42.4 Å². The third-order valence-corrected chi connectivity index (χ3v) is 23.6. The molecule has 11 aromatic rings. The number of nitrogens with one attached hydrogen (secondary N) is 1. The maximum atomic E-state index is 8.53. The minimum atomic E-state index is -1.49. The van der Waals surface area contributed by atoms with Gasteiger partial charge in [-0.2, -0.15) is 0 Å². The Morgan fingerprint density at radius 2 is 0.613 bits per heavy atom. The zero-order valence-corrected chi connectivity index (χ0v) is 52.4. The van der Waals surface area contributed by atoms with Crippen LogP contribution in [0, 0.1) is 55.4 Å². The van der Waals surface area contributed by atoms with Gasteiger partial charge in [-0.3, -0.25) is 0 Å². The summed E-state index contributed by atoms with van der Waals surface area (Å²) in [5.41, 5.74) is 23.4. The Morgan fingerprint density at radius 1 is 0.338 bits per heavy atom. The molecule has 0 radical (unpaired) electrons. The van der Waals surface area contributed by atoms with Gasteiger partial charge < -0.3 is 5.73 Å². The molecule has 0 saturated carbocycles. The van der Waals surface area contributed by atoms with Crippen LogP contribution >= 0.6 is 33.5 Å². The van der Waals surface area contributed by atoms with Crippen LogP contribution in [0.1, 0.15) is 70.1 Å². The summed E-state index contributed by atoms with van der Waals surface area (Å²) in [6.07, 6.45) is 0. The number of rotatable bonds is 12. The molecular weight excluding hydrogens is 1130 g/mol. The third kappa shape index (κ3) is 13.9. The van der Waals surface area contributed by atoms with E-state index in [0.717, 1.165) is 0 Å². The SMILES string of the molecule is C.CC([NH-])C(c1ccccc1)[PH+](c1ccccc1)c1ccccc1.Cc1cc(C)cc([PH+](c2cc(C)cc(C)c2)c2ccc3ccccc3c2-c2c([PH+](c3cc(C)cc(C)c3)c3cc(C)cc(C)c3)ccc3ccccc23)c1.[Cl][Ru+2]. The van der Waals surface area contributed by atoms with E-state index in [-0.39, 0.29) is 19.1 Å². The van der Waals surface area contributed by atoms with Crippen LogP contribution in [-0.4, -0.2) is 6.04 Å². The van der Waals surface area contributed by atoms with Crippen LogP contribution in [0.2, 0.25) is 0 Å². The molecule has 0 aromatic heterocycles. The predicted molar refractivity (Wildman–Crippen MR) is 361 cm³/mol. The Bertz CT molecular complexity index is 3450. The number of aryl methyl sites for hydroxylation is 8. The van der Waals surface area contributed by atoms with Gasteiger partial charge in [-0.15, -0.1) is 0 Å². The second-order valence-corrected chi connectivity index (χ2v) is 29.0. The monoisotopic (exact) mass is 1210 g/mol. The molecule has 0 aliphatic heterocycles. The molecule has 2 atom stereocenters. The van der Waals surface area contributed by atoms with Gasteiger partial charge >= 0.3 is 27.0 Å². The predicted octanol–water partition coefficient (Wildman–Crippen LogP) is 17.5. The number of halogens is 1. The van der Waals surface area contributed by atoms with Gasteiger partial charge in [0.05, 0.1) is 40.0 Å². The van der Waals surface area contributed by atoms with Gasteiger partial charge in [0, 0.05) is 11.1 Å². The number of hydrogen-bond donors (Lipinski definition) is 0. The van der Waals surface area contributed by atoms with Crippen molar-refractivity contribution in [1.82, 2.24) is 0 Å². The molecule has 0 spiro atoms. The Labute approximate surface area is 496 Å². The van der Waals surface area contributed by atoms with Gasteiger partial charge in [0.1, 0.15) is 31.8 Å². The van der Waals surface area contributed by atoms with Crippen molar-refractivity contribution in [2.75, 3.05) is 0 Å². The van der Waals surface area contributed by atoms with E-state index in [0.29, 0.717) is 0 Å². The quantitative estimate of drug-likeness (QED) is 0.0860. The molecule has 11 aromatic carbocycles. The second kappa shape index (κ2) is 27.7. The van der Waals surface area contributed by atoms with Crippen molar-refractivity contribution in [1.29, 1.82) is 0 Å². The molecule has 6 heteroatoms. The molecule has 0 bridgehead atoms. The Balaban J connectivity index is 0.000000270. The first-order chi connectivity index (χ1) is 38.3. The van der Waals surface area contributed by atoms with E-state index >= 15 is 0 Å². The van der Waals surface area contributed by atoms with Crippen molar-refractivity contribution in [3.8, 4) is 11.1 Å². The summed E-state index contributed by atoms with van der Waals surface area (Å²) in [4.78, 5) is 0. The van der Waals surface area contributed by atoms with E-state index in [4.69, 9.17) is 5.73 Å². The fourth-order valence-electron chi connectivity index (χ4n) is 12.1. The van der Waals surface area contributed by atoms with E-state index in [2.05, 4.69) is 296 Å². The third-order valence-electron chi connectivity index (χ3n) is 14.8. The van der Waals surface area contributed by atoms with Crippen LogP contribution in [0.4, 0.5) is 0 Å². The molecule has 2 unspecified atom stereocenters. The molecule has 11 rings (SSSR count). The molecule has 0 aliphatic carbocycles. The first-order valence-corrected chi connectivity index (χ1v) is 34.1. The Kier molecular flexibility index (Phi) is 20.9. The van der Waals surface area contributed by atoms with Gasteiger partial charge in [-0.25, -0.2) is 0 Å². The van der Waals surface area contributed by atoms with Gasteiger partial charge in [0.25, 0.3) is 0 Å². The average molecular weight is 1210 g/mol. The molecule has 0 heterocycles. The van der Waals surface area contributed by atoms with Crippen LogP contribution in [0.3, 0.4) is 0 Å². The van der Waals surface area contributed by atoms with Gasteiger partial charge in [0.2, 0.25) is 0 Å². The maximum absolute atomic E-state index is 8.53. The molecule has 1 N–H and O–H groups in total. The fraction of sp³-hybridized carbons (Fsp3) is 0.162. The molecular formula is C74H76ClNP3Ru+4. The van der Waals surface area contributed by atoms with Crippen molar-refractivity contribution >= 4 is 97.4 Å². The Morgan fingerprint density at radius 3 is 0.912 bits per heavy atom. The number of benzene rings is 11. The van der Waals surface area contributed by atoms with Crippen LogP contribution in [-0.2, 0) is 17.3 Å². The van der Waals surface area contributed by atoms with E-state index in [1.54, 1.807) is 0 Å². The van der Waals surface area contributed by atoms with Crippen LogP contribution in [0.15, 0.2) is 237 Å². The van der Waals surface area contributed by atoms with E-state index in [9.17, 15) is 0 Å². The number of hydrogen-bond acceptors (Lipinski definition) is 0. The Hall–Kier alpha value is -5.90. The summed E-state index contributed by atoms with van der Waals surface area (Å²) in [6, 6.07) is 88.8. The minimum absolute atomic E-state index is 0. The summed E-state index contributed by atoms with van der Waals surface area (Å²) in [7, 11) is 0.520. The molecule has 80 heavy (non-hydrogen) atoms. The molecule has 403 valence electrons. The molecule has 1 nitrogen and oxygen atoms in total. The first-order valence-electron chi connectivity index (χ1n) is 27.3. The molecule has 0 fully saturated rings. The summed E-state index contributed by atoms with van der Waals surface area (Å²) in [6.45, 7) is 20.1. The first kappa shape index (κ1) is 60.2. The molecule has 0 saturated heterocycles. The van der Waals surface area contributed by atoms with Gasteiger partial charge in [-0.1, -0.05) is 172 Å². The fourth-order valence-corrected chi connectivity index (χ4v) is 21.6. The summed E-state index contributed by atoms with van der Waals surface area (Å²) >= 11 is 1.82. The van der Waals surface area contributed by atoms with Crippen molar-refractivity contribution in [3.63, 3.8) is 0 Å². The van der Waals surface area contributed by atoms with E-state index in [1.165, 1.54) is 125 Å². The summed E-state index contributed by atoms with van der Waals surface area (Å²) < 4.78 is 0. The average Bonchev–Trinajstić information content (AvgIpc) is 3.56. The standard InChI is InChI=1S/C52H48P2.C21H21NP.CH4.ClH.Ru/c1-33-21-34(2)26-43(25-33)53(44-27-35(3)22-36(4)28-44)49-19-17-41-13-9-11-15-47(41)51(49)52-48-16-12-10-14-42(48)18-20-50(52)54(45-29-37(5)23-38(6)30-45)46-31-39(7)24-40(8)32-46;1-17(22)21(18-11-5-2-6-12-18)23(19-13-7-3-8-14-19)20-15-9-4-10-16-20;;;/h9-32H,1-8H3;2-17,21-22H,1H3;1H4;1H;/q;-1;;;+3/p+2. The van der Waals surface area contributed by atoms with Crippen molar-refractivity contribution in [2.24, 2.45) is 0 Å². The van der Waals surface area contributed by atoms with Gasteiger partial charge in [0.15, 0.2) is 0 Å². The molecule has 0 aliphatic rings. The zero-order chi connectivity index (χ0) is 55.7. The second-order valence-electron chi connectivity index (χ2n) is 21.5. The van der Waals surface area contributed by atoms with Crippen molar-refractivity contribution < 1.29 is 17.3 Å².